The third kappa shape index (κ3) is 4.41. The van der Waals surface area contributed by atoms with Gasteiger partial charge in [-0.2, -0.15) is 0 Å². The first-order chi connectivity index (χ1) is 21.9. The molecule has 6 atom stereocenters. The number of rotatable bonds is 5. The van der Waals surface area contributed by atoms with Crippen LogP contribution in [-0.4, -0.2) is 39.2 Å². The lowest BCUT2D eigenvalue weighted by Gasteiger charge is -2.49. The number of fused-ring (bicyclic) bond motifs is 4. The number of phenolic OH excluding ortho intramolecular Hbond substituents is 1. The van der Waals surface area contributed by atoms with Crippen LogP contribution < -0.4 is 9.64 Å². The number of aromatic hydroxyl groups is 1. The Bertz CT molecular complexity index is 1780. The van der Waals surface area contributed by atoms with Crippen molar-refractivity contribution in [3.8, 4) is 11.5 Å². The Morgan fingerprint density at radius 1 is 0.870 bits per heavy atom. The molecule has 1 N–H and O–H groups in total. The number of para-hydroxylation sites is 1. The van der Waals surface area contributed by atoms with E-state index >= 15 is 0 Å². The van der Waals surface area contributed by atoms with E-state index in [1.54, 1.807) is 42.5 Å². The predicted octanol–water partition coefficient (Wildman–Crippen LogP) is 6.00. The zero-order chi connectivity index (χ0) is 32.5. The van der Waals surface area contributed by atoms with Crippen LogP contribution in [0.15, 0.2) is 90.5 Å². The van der Waals surface area contributed by atoms with Gasteiger partial charge < -0.3 is 9.84 Å². The van der Waals surface area contributed by atoms with E-state index in [0.29, 0.717) is 30.0 Å². The van der Waals surface area contributed by atoms with Gasteiger partial charge in [0.1, 0.15) is 18.1 Å². The largest absolute Gasteiger partial charge is 0.508 e. The number of hydrogen-bond donors (Lipinski definition) is 1. The summed E-state index contributed by atoms with van der Waals surface area (Å²) in [6.07, 6.45) is 2.62. The van der Waals surface area contributed by atoms with Crippen LogP contribution in [0.1, 0.15) is 57.6 Å². The highest BCUT2D eigenvalue weighted by molar-refractivity contribution is 6.24. The number of anilines is 1. The third-order valence-corrected chi connectivity index (χ3v) is 10.5. The maximum Gasteiger partial charge on any atom is 0.241 e. The van der Waals surface area contributed by atoms with Crippen molar-refractivity contribution in [2.45, 2.75) is 58.6 Å². The van der Waals surface area contributed by atoms with Gasteiger partial charge in [-0.25, -0.2) is 4.90 Å². The molecule has 0 bridgehead atoms. The van der Waals surface area contributed by atoms with Gasteiger partial charge in [-0.15, -0.1) is 0 Å². The molecule has 0 radical (unpaired) electrons. The van der Waals surface area contributed by atoms with Gasteiger partial charge in [0.05, 0.1) is 28.9 Å². The number of benzene rings is 3. The van der Waals surface area contributed by atoms with E-state index in [4.69, 9.17) is 4.74 Å². The van der Waals surface area contributed by atoms with Gasteiger partial charge in [0.15, 0.2) is 0 Å². The van der Waals surface area contributed by atoms with Crippen LogP contribution in [0.3, 0.4) is 0 Å². The molecule has 2 heterocycles. The van der Waals surface area contributed by atoms with Crippen molar-refractivity contribution < 1.29 is 29.0 Å². The minimum absolute atomic E-state index is 0.0530. The average molecular weight is 619 g/mol. The molecule has 0 spiro atoms. The second-order valence-electron chi connectivity index (χ2n) is 14.2. The molecule has 2 saturated heterocycles. The molecule has 3 aromatic rings. The fraction of sp³-hybridized carbons (Fsp3) is 0.368. The summed E-state index contributed by atoms with van der Waals surface area (Å²) in [7, 11) is 0. The molecule has 0 aromatic heterocycles. The minimum atomic E-state index is -1.23. The van der Waals surface area contributed by atoms with E-state index in [-0.39, 0.29) is 35.8 Å². The molecule has 3 aromatic carbocycles. The Kier molecular flexibility index (Phi) is 6.96. The number of ether oxygens (including phenoxy) is 1. The van der Waals surface area contributed by atoms with E-state index in [9.17, 15) is 24.3 Å². The first-order valence-electron chi connectivity index (χ1n) is 15.9. The van der Waals surface area contributed by atoms with E-state index in [2.05, 4.69) is 0 Å². The number of carbonyl (C=O) groups is 4. The number of allylic oxidation sites excluding steroid dienone is 2. The molecule has 1 saturated carbocycles. The van der Waals surface area contributed by atoms with Gasteiger partial charge >= 0.3 is 0 Å². The Morgan fingerprint density at radius 3 is 2.20 bits per heavy atom. The summed E-state index contributed by atoms with van der Waals surface area (Å²) in [5.74, 6) is -3.72. The third-order valence-electron chi connectivity index (χ3n) is 10.5. The lowest BCUT2D eigenvalue weighted by molar-refractivity contribution is -0.145. The molecule has 2 aliphatic carbocycles. The monoisotopic (exact) mass is 618 g/mol. The van der Waals surface area contributed by atoms with Crippen molar-refractivity contribution in [3.05, 3.63) is 102 Å². The van der Waals surface area contributed by atoms with Crippen molar-refractivity contribution in [1.29, 1.82) is 0 Å². The van der Waals surface area contributed by atoms with E-state index in [1.807, 2.05) is 70.2 Å². The lowest BCUT2D eigenvalue weighted by atomic mass is 9.51. The Morgan fingerprint density at radius 2 is 1.54 bits per heavy atom. The van der Waals surface area contributed by atoms with Crippen molar-refractivity contribution in [3.63, 3.8) is 0 Å². The van der Waals surface area contributed by atoms with Gasteiger partial charge in [0.2, 0.25) is 23.6 Å². The van der Waals surface area contributed by atoms with E-state index in [0.717, 1.165) is 11.1 Å². The highest BCUT2D eigenvalue weighted by atomic mass is 16.5. The molecule has 8 nitrogen and oxygen atoms in total. The number of hydrogen-bond acceptors (Lipinski definition) is 6. The molecule has 4 amide bonds. The van der Waals surface area contributed by atoms with Gasteiger partial charge in [0.25, 0.3) is 0 Å². The molecule has 46 heavy (non-hydrogen) atoms. The van der Waals surface area contributed by atoms with Crippen LogP contribution in [0.4, 0.5) is 5.69 Å². The quantitative estimate of drug-likeness (QED) is 0.278. The summed E-state index contributed by atoms with van der Waals surface area (Å²) in [6.45, 7) is 7.69. The van der Waals surface area contributed by atoms with Crippen LogP contribution >= 0.6 is 0 Å². The Balaban J connectivity index is 1.33. The van der Waals surface area contributed by atoms with E-state index < -0.39 is 40.5 Å². The molecular weight excluding hydrogens is 580 g/mol. The zero-order valence-corrected chi connectivity index (χ0v) is 26.5. The van der Waals surface area contributed by atoms with Crippen LogP contribution in [0.2, 0.25) is 0 Å². The molecule has 7 rings (SSSR count). The topological polar surface area (TPSA) is 104 Å². The molecule has 236 valence electrons. The van der Waals surface area contributed by atoms with E-state index in [1.165, 1.54) is 9.80 Å². The van der Waals surface area contributed by atoms with Gasteiger partial charge in [-0.1, -0.05) is 66.2 Å². The summed E-state index contributed by atoms with van der Waals surface area (Å²) >= 11 is 0. The predicted molar refractivity (Wildman–Crippen MR) is 172 cm³/mol. The number of likely N-dealkylation sites (tertiary alicyclic amines) is 1. The van der Waals surface area contributed by atoms with Crippen LogP contribution in [0, 0.1) is 29.1 Å². The van der Waals surface area contributed by atoms with Crippen LogP contribution in [0.25, 0.3) is 0 Å². The summed E-state index contributed by atoms with van der Waals surface area (Å²) in [4.78, 5) is 59.1. The fourth-order valence-corrected chi connectivity index (χ4v) is 8.44. The number of carbonyl (C=O) groups excluding carboxylic acids is 4. The maximum atomic E-state index is 14.5. The minimum Gasteiger partial charge on any atom is -0.508 e. The molecular formula is C38H38N2O6. The SMILES string of the molecule is CC(C)(C)N1C(=O)[C@H]2[C@H](CC=C3[C@H]2C[C@H]2C(=O)N(c4ccccc4)C(=O)[C@@]2(C)[C@H]3c2ccc(OCc3ccccc3)cc2O)C1=O. The van der Waals surface area contributed by atoms with Crippen LogP contribution in [0.5, 0.6) is 11.5 Å². The smallest absolute Gasteiger partial charge is 0.241 e. The van der Waals surface area contributed by atoms with Crippen LogP contribution in [-0.2, 0) is 25.8 Å². The second kappa shape index (κ2) is 10.7. The summed E-state index contributed by atoms with van der Waals surface area (Å²) < 4.78 is 5.98. The molecule has 0 unspecified atom stereocenters. The van der Waals surface area contributed by atoms with Crippen molar-refractivity contribution in [2.24, 2.45) is 29.1 Å². The van der Waals surface area contributed by atoms with Crippen molar-refractivity contribution in [1.82, 2.24) is 4.90 Å². The average Bonchev–Trinajstić information content (AvgIpc) is 3.41. The maximum absolute atomic E-state index is 14.5. The van der Waals surface area contributed by atoms with Crippen molar-refractivity contribution in [2.75, 3.05) is 4.90 Å². The number of nitrogens with zero attached hydrogens (tertiary/aromatic N) is 2. The van der Waals surface area contributed by atoms with Crippen molar-refractivity contribution >= 4 is 29.3 Å². The number of imide groups is 2. The Labute approximate surface area is 268 Å². The molecule has 3 fully saturated rings. The summed E-state index contributed by atoms with van der Waals surface area (Å²) in [6, 6.07) is 23.7. The van der Waals surface area contributed by atoms with Gasteiger partial charge in [-0.05, 0) is 70.2 Å². The molecule has 8 heteroatoms. The second-order valence-corrected chi connectivity index (χ2v) is 14.2. The standard InChI is InChI=1S/C38H38N2O6/c1-37(2,3)40-33(42)27-18-17-25-28(31(27)35(40)44)20-29-34(43)39(23-13-9-6-10-14-23)36(45)38(29,4)32(25)26-16-15-24(19-30(26)41)46-21-22-11-7-5-8-12-22/h5-17,19,27-29,31-32,41H,18,20-21H2,1-4H3/t27-,28+,29-,31-,32+,38+/m0/s1. The highest BCUT2D eigenvalue weighted by Crippen LogP contribution is 2.64. The highest BCUT2D eigenvalue weighted by Gasteiger charge is 2.68. The number of amides is 4. The lowest BCUT2D eigenvalue weighted by Crippen LogP contribution is -2.49. The molecule has 2 aliphatic heterocycles. The summed E-state index contributed by atoms with van der Waals surface area (Å²) in [5, 5.41) is 11.6. The Hall–Kier alpha value is -4.72. The molecule has 4 aliphatic rings. The van der Waals surface area contributed by atoms with Gasteiger partial charge in [-0.3, -0.25) is 24.1 Å². The summed E-state index contributed by atoms with van der Waals surface area (Å²) in [5.41, 5.74) is 0.874. The first kappa shape index (κ1) is 30.0. The van der Waals surface area contributed by atoms with Gasteiger partial charge in [0, 0.05) is 23.1 Å². The fourth-order valence-electron chi connectivity index (χ4n) is 8.44. The zero-order valence-electron chi connectivity index (χ0n) is 26.5. The normalized spacial score (nSPS) is 29.0. The number of phenols is 1. The first-order valence-corrected chi connectivity index (χ1v) is 15.9.